The first-order valence-electron chi connectivity index (χ1n) is 7.92. The van der Waals surface area contributed by atoms with Crippen LogP contribution in [-0.2, 0) is 9.47 Å². The lowest BCUT2D eigenvalue weighted by Gasteiger charge is -2.15. The number of allylic oxidation sites excluding steroid dienone is 1. The van der Waals surface area contributed by atoms with Crippen LogP contribution in [0.4, 0.5) is 0 Å². The molecule has 0 saturated carbocycles. The fourth-order valence-electron chi connectivity index (χ4n) is 2.41. The summed E-state index contributed by atoms with van der Waals surface area (Å²) < 4.78 is 20.9. The third kappa shape index (κ3) is 4.50. The number of esters is 2. The summed E-state index contributed by atoms with van der Waals surface area (Å²) in [6.07, 6.45) is 7.43. The fraction of sp³-hybridized carbons (Fsp3) is 0.444. The average Bonchev–Trinajstić information content (AvgIpc) is 2.60. The van der Waals surface area contributed by atoms with Crippen molar-refractivity contribution in [1.29, 1.82) is 0 Å². The Hall–Kier alpha value is -2.50. The molecule has 0 spiro atoms. The minimum absolute atomic E-state index is 0.0596. The van der Waals surface area contributed by atoms with E-state index >= 15 is 0 Å². The highest BCUT2D eigenvalue weighted by Crippen LogP contribution is 2.30. The molecular formula is C18H22O6. The lowest BCUT2D eigenvalue weighted by Crippen LogP contribution is -2.16. The van der Waals surface area contributed by atoms with Crippen molar-refractivity contribution in [3.8, 4) is 11.5 Å². The molecule has 130 valence electrons. The number of hydrogen-bond donors (Lipinski definition) is 0. The number of ether oxygens (including phenoxy) is 4. The molecule has 1 heterocycles. The summed E-state index contributed by atoms with van der Waals surface area (Å²) in [6, 6.07) is 2.99. The molecule has 0 fully saturated rings. The predicted molar refractivity (Wildman–Crippen MR) is 87.7 cm³/mol. The van der Waals surface area contributed by atoms with Gasteiger partial charge in [0.25, 0.3) is 0 Å². The van der Waals surface area contributed by atoms with Gasteiger partial charge in [-0.3, -0.25) is 0 Å². The van der Waals surface area contributed by atoms with Gasteiger partial charge >= 0.3 is 11.9 Å². The molecule has 2 rings (SSSR count). The van der Waals surface area contributed by atoms with Crippen LogP contribution in [-0.4, -0.2) is 39.4 Å². The van der Waals surface area contributed by atoms with Crippen LogP contribution in [0.3, 0.4) is 0 Å². The molecule has 0 saturated heterocycles. The second-order valence-corrected chi connectivity index (χ2v) is 5.31. The van der Waals surface area contributed by atoms with E-state index in [-0.39, 0.29) is 23.5 Å². The van der Waals surface area contributed by atoms with Crippen molar-refractivity contribution in [2.75, 3.05) is 27.4 Å². The Bertz CT molecular complexity index is 620. The third-order valence-electron chi connectivity index (χ3n) is 3.68. The molecule has 0 amide bonds. The zero-order chi connectivity index (χ0) is 17.4. The van der Waals surface area contributed by atoms with Gasteiger partial charge in [-0.25, -0.2) is 9.59 Å². The van der Waals surface area contributed by atoms with Crippen molar-refractivity contribution in [3.05, 3.63) is 35.4 Å². The van der Waals surface area contributed by atoms with E-state index in [0.29, 0.717) is 12.4 Å². The van der Waals surface area contributed by atoms with Gasteiger partial charge in [-0.05, 0) is 31.7 Å². The smallest absolute Gasteiger partial charge is 0.342 e. The molecule has 0 aromatic heterocycles. The quantitative estimate of drug-likeness (QED) is 0.611. The van der Waals surface area contributed by atoms with Crippen LogP contribution in [0.15, 0.2) is 24.3 Å². The highest BCUT2D eigenvalue weighted by atomic mass is 16.5. The Morgan fingerprint density at radius 3 is 2.50 bits per heavy atom. The minimum Gasteiger partial charge on any atom is -0.497 e. The molecule has 0 radical (unpaired) electrons. The summed E-state index contributed by atoms with van der Waals surface area (Å²) in [4.78, 5) is 24.8. The largest absolute Gasteiger partial charge is 0.497 e. The molecular weight excluding hydrogens is 312 g/mol. The van der Waals surface area contributed by atoms with E-state index in [9.17, 15) is 9.59 Å². The third-order valence-corrected chi connectivity index (χ3v) is 3.68. The number of carbonyl (C=O) groups excluding carboxylic acids is 2. The average molecular weight is 334 g/mol. The predicted octanol–water partition coefficient (Wildman–Crippen LogP) is 3.15. The van der Waals surface area contributed by atoms with Gasteiger partial charge in [-0.1, -0.05) is 12.2 Å². The van der Waals surface area contributed by atoms with E-state index in [4.69, 9.17) is 18.9 Å². The Kier molecular flexibility index (Phi) is 6.66. The van der Waals surface area contributed by atoms with Crippen LogP contribution in [0.25, 0.3) is 0 Å². The van der Waals surface area contributed by atoms with Crippen LogP contribution in [0.1, 0.15) is 46.4 Å². The minimum atomic E-state index is -0.624. The van der Waals surface area contributed by atoms with Crippen molar-refractivity contribution in [2.24, 2.45) is 0 Å². The Labute approximate surface area is 141 Å². The van der Waals surface area contributed by atoms with Crippen molar-refractivity contribution in [2.45, 2.75) is 25.7 Å². The summed E-state index contributed by atoms with van der Waals surface area (Å²) in [5, 5.41) is 0. The first-order chi connectivity index (χ1) is 11.7. The van der Waals surface area contributed by atoms with Crippen LogP contribution in [0.5, 0.6) is 11.5 Å². The van der Waals surface area contributed by atoms with Gasteiger partial charge < -0.3 is 18.9 Å². The summed E-state index contributed by atoms with van der Waals surface area (Å²) >= 11 is 0. The zero-order valence-corrected chi connectivity index (χ0v) is 14.0. The molecule has 0 atom stereocenters. The first kappa shape index (κ1) is 17.8. The van der Waals surface area contributed by atoms with E-state index < -0.39 is 11.9 Å². The highest BCUT2D eigenvalue weighted by Gasteiger charge is 2.26. The molecule has 1 aromatic rings. The van der Waals surface area contributed by atoms with E-state index in [1.54, 1.807) is 6.08 Å². The van der Waals surface area contributed by atoms with Gasteiger partial charge in [-0.2, -0.15) is 0 Å². The van der Waals surface area contributed by atoms with Crippen LogP contribution in [0.2, 0.25) is 0 Å². The standard InChI is InChI=1S/C18H22O6/c1-21-13-11-14-16(15(12-13)22-2)18(20)24-10-8-6-4-3-5-7-9-23-17(14)19/h5,7,11-12H,3-4,6,8-10H2,1-2H3/b7-5-. The van der Waals surface area contributed by atoms with Crippen LogP contribution in [0, 0.1) is 0 Å². The van der Waals surface area contributed by atoms with E-state index in [2.05, 4.69) is 0 Å². The molecule has 1 aliphatic heterocycles. The topological polar surface area (TPSA) is 71.1 Å². The maximum atomic E-state index is 12.4. The number of carbonyl (C=O) groups is 2. The van der Waals surface area contributed by atoms with Crippen molar-refractivity contribution in [1.82, 2.24) is 0 Å². The summed E-state index contributed by atoms with van der Waals surface area (Å²) in [6.45, 7) is 0.444. The lowest BCUT2D eigenvalue weighted by molar-refractivity contribution is 0.0465. The number of rotatable bonds is 2. The molecule has 0 N–H and O–H groups in total. The van der Waals surface area contributed by atoms with Gasteiger partial charge in [0, 0.05) is 6.07 Å². The summed E-state index contributed by atoms with van der Waals surface area (Å²) in [5.74, 6) is -0.615. The van der Waals surface area contributed by atoms with E-state index in [1.165, 1.54) is 26.4 Å². The van der Waals surface area contributed by atoms with E-state index in [1.807, 2.05) is 6.08 Å². The van der Waals surface area contributed by atoms with Gasteiger partial charge in [0.05, 0.1) is 26.4 Å². The van der Waals surface area contributed by atoms with Gasteiger partial charge in [0.1, 0.15) is 23.7 Å². The molecule has 0 bridgehead atoms. The Morgan fingerprint density at radius 1 is 0.917 bits per heavy atom. The summed E-state index contributed by atoms with van der Waals surface area (Å²) in [5.41, 5.74) is 0.131. The maximum Gasteiger partial charge on any atom is 0.342 e. The van der Waals surface area contributed by atoms with E-state index in [0.717, 1.165) is 25.7 Å². The van der Waals surface area contributed by atoms with Crippen LogP contribution >= 0.6 is 0 Å². The number of cyclic esters (lactones) is 2. The van der Waals surface area contributed by atoms with Crippen molar-refractivity contribution < 1.29 is 28.5 Å². The zero-order valence-electron chi connectivity index (χ0n) is 14.0. The van der Waals surface area contributed by atoms with Gasteiger partial charge in [0.2, 0.25) is 0 Å². The van der Waals surface area contributed by atoms with Gasteiger partial charge in [-0.15, -0.1) is 0 Å². The Balaban J connectivity index is 2.41. The second kappa shape index (κ2) is 8.96. The molecule has 1 aliphatic rings. The monoisotopic (exact) mass is 334 g/mol. The Morgan fingerprint density at radius 2 is 1.75 bits per heavy atom. The molecule has 6 heteroatoms. The SMILES string of the molecule is COc1cc(OC)c2c(c1)C(=O)OC/C=C\CCCCCOC2=O. The number of hydrogen-bond acceptors (Lipinski definition) is 6. The maximum absolute atomic E-state index is 12.4. The molecule has 0 unspecified atom stereocenters. The molecule has 0 aliphatic carbocycles. The lowest BCUT2D eigenvalue weighted by atomic mass is 10.1. The van der Waals surface area contributed by atoms with Crippen molar-refractivity contribution >= 4 is 11.9 Å². The summed E-state index contributed by atoms with van der Waals surface area (Å²) in [7, 11) is 2.89. The van der Waals surface area contributed by atoms with Gasteiger partial charge in [0.15, 0.2) is 0 Å². The molecule has 1 aromatic carbocycles. The number of fused-ring (bicyclic) bond motifs is 1. The number of benzene rings is 1. The number of methoxy groups -OCH3 is 2. The van der Waals surface area contributed by atoms with Crippen molar-refractivity contribution in [3.63, 3.8) is 0 Å². The second-order valence-electron chi connectivity index (χ2n) is 5.31. The normalized spacial score (nSPS) is 17.8. The highest BCUT2D eigenvalue weighted by molar-refractivity contribution is 6.05. The fourth-order valence-corrected chi connectivity index (χ4v) is 2.41. The van der Waals surface area contributed by atoms with Crippen LogP contribution < -0.4 is 9.47 Å². The molecule has 24 heavy (non-hydrogen) atoms. The molecule has 6 nitrogen and oxygen atoms in total. The first-order valence-corrected chi connectivity index (χ1v) is 7.92.